The molecule has 1 fully saturated rings. The van der Waals surface area contributed by atoms with Crippen molar-refractivity contribution in [2.75, 3.05) is 37.2 Å². The minimum atomic E-state index is 0.572. The molecule has 3 heterocycles. The minimum Gasteiger partial charge on any atom is -0.378 e. The monoisotopic (exact) mass is 297 g/mol. The van der Waals surface area contributed by atoms with Gasteiger partial charge in [-0.2, -0.15) is 5.10 Å². The van der Waals surface area contributed by atoms with Crippen molar-refractivity contribution in [3.8, 4) is 0 Å². The van der Waals surface area contributed by atoms with Gasteiger partial charge < -0.3 is 9.75 Å². The molecule has 0 spiro atoms. The third kappa shape index (κ3) is 2.16. The molecule has 2 aromatic heterocycles. The summed E-state index contributed by atoms with van der Waals surface area (Å²) >= 11 is 5.94. The number of hydrogen-bond donors (Lipinski definition) is 0. The fourth-order valence-electron chi connectivity index (χ4n) is 2.72. The van der Waals surface area contributed by atoms with Gasteiger partial charge in [-0.15, -0.1) is 11.6 Å². The second kappa shape index (κ2) is 5.61. The summed E-state index contributed by atoms with van der Waals surface area (Å²) in [6.45, 7) is 8.18. The number of aromatic nitrogens is 4. The van der Waals surface area contributed by atoms with E-state index in [9.17, 15) is 0 Å². The van der Waals surface area contributed by atoms with Crippen LogP contribution in [0.1, 0.15) is 18.4 Å². The zero-order chi connectivity index (χ0) is 14.1. The third-order valence-corrected chi connectivity index (χ3v) is 3.83. The lowest BCUT2D eigenvalue weighted by atomic mass is 10.4. The van der Waals surface area contributed by atoms with Crippen LogP contribution in [0.2, 0.25) is 0 Å². The van der Waals surface area contributed by atoms with E-state index < -0.39 is 0 Å². The molecule has 7 heteroatoms. The van der Waals surface area contributed by atoms with E-state index in [-0.39, 0.29) is 0 Å². The van der Waals surface area contributed by atoms with Crippen LogP contribution in [0.4, 0.5) is 0 Å². The molecule has 0 N–H and O–H groups in total. The molecule has 0 bridgehead atoms. The van der Waals surface area contributed by atoms with Crippen molar-refractivity contribution < 1.29 is 4.74 Å². The number of fused-ring (bicyclic) bond motifs is 1. The molecule has 0 unspecified atom stereocenters. The minimum absolute atomic E-state index is 0.572. The Bertz CT molecular complexity index is 599. The van der Waals surface area contributed by atoms with Gasteiger partial charge in [0.15, 0.2) is 5.65 Å². The van der Waals surface area contributed by atoms with Gasteiger partial charge in [0.05, 0.1) is 32.0 Å². The second-order valence-electron chi connectivity index (χ2n) is 4.92. The van der Waals surface area contributed by atoms with E-state index >= 15 is 0 Å². The van der Waals surface area contributed by atoms with Crippen molar-refractivity contribution >= 4 is 22.8 Å². The maximum atomic E-state index is 5.94. The van der Waals surface area contributed by atoms with Gasteiger partial charge in [0.2, 0.25) is 0 Å². The van der Waals surface area contributed by atoms with Crippen molar-refractivity contribution in [3.05, 3.63) is 11.5 Å². The molecule has 110 valence electrons. The summed E-state index contributed by atoms with van der Waals surface area (Å²) in [6.07, 6.45) is 0.761. The Balaban J connectivity index is 2.15. The van der Waals surface area contributed by atoms with E-state index in [1.54, 1.807) is 0 Å². The van der Waals surface area contributed by atoms with Gasteiger partial charge in [-0.3, -0.25) is 0 Å². The molecule has 3 rings (SSSR count). The Morgan fingerprint density at radius 2 is 2.05 bits per heavy atom. The number of ether oxygens (including phenoxy) is 1. The molecule has 0 radical (unpaired) electrons. The molecule has 0 saturated carbocycles. The number of halogens is 1. The molecule has 1 saturated heterocycles. The fourth-order valence-corrected chi connectivity index (χ4v) is 2.89. The molecule has 0 aliphatic carbocycles. The highest BCUT2D eigenvalue weighted by molar-refractivity contribution is 6.17. The first kappa shape index (κ1) is 13.7. The van der Waals surface area contributed by atoms with E-state index in [0.717, 1.165) is 62.0 Å². The summed E-state index contributed by atoms with van der Waals surface area (Å²) in [7, 11) is 0. The standard InChI is InChI=1S/C13H20ClN5O/c1-3-18-13-12(10(2)16-18)15-11(4-5-14)19(13)17-6-8-20-9-7-17/h3-9H2,1-2H3. The fraction of sp³-hybridized carbons (Fsp3) is 0.692. The second-order valence-corrected chi connectivity index (χ2v) is 5.30. The van der Waals surface area contributed by atoms with Crippen LogP contribution in [0.5, 0.6) is 0 Å². The molecule has 1 aliphatic heterocycles. The zero-order valence-corrected chi connectivity index (χ0v) is 12.7. The van der Waals surface area contributed by atoms with Crippen LogP contribution in [0.25, 0.3) is 11.2 Å². The summed E-state index contributed by atoms with van der Waals surface area (Å²) < 4.78 is 9.66. The van der Waals surface area contributed by atoms with E-state index in [1.165, 1.54) is 0 Å². The number of rotatable bonds is 4. The molecule has 0 atom stereocenters. The molecule has 2 aromatic rings. The maximum Gasteiger partial charge on any atom is 0.178 e. The molecule has 6 nitrogen and oxygen atoms in total. The first-order chi connectivity index (χ1) is 9.76. The summed E-state index contributed by atoms with van der Waals surface area (Å²) in [6, 6.07) is 0. The van der Waals surface area contributed by atoms with Crippen molar-refractivity contribution in [2.45, 2.75) is 26.8 Å². The van der Waals surface area contributed by atoms with Crippen molar-refractivity contribution in [1.29, 1.82) is 0 Å². The number of hydrogen-bond acceptors (Lipinski definition) is 4. The smallest absolute Gasteiger partial charge is 0.178 e. The van der Waals surface area contributed by atoms with Crippen LogP contribution < -0.4 is 5.01 Å². The van der Waals surface area contributed by atoms with Gasteiger partial charge in [-0.05, 0) is 13.8 Å². The van der Waals surface area contributed by atoms with Crippen LogP contribution >= 0.6 is 11.6 Å². The van der Waals surface area contributed by atoms with Gasteiger partial charge >= 0.3 is 0 Å². The average molecular weight is 298 g/mol. The summed E-state index contributed by atoms with van der Waals surface area (Å²) in [5.41, 5.74) is 3.04. The van der Waals surface area contributed by atoms with Crippen molar-refractivity contribution in [3.63, 3.8) is 0 Å². The largest absolute Gasteiger partial charge is 0.378 e. The Labute approximate surface area is 123 Å². The Kier molecular flexibility index (Phi) is 3.85. The van der Waals surface area contributed by atoms with E-state index in [2.05, 4.69) is 21.7 Å². The van der Waals surface area contributed by atoms with Gasteiger partial charge in [-0.25, -0.2) is 14.3 Å². The number of imidazole rings is 1. The van der Waals surface area contributed by atoms with Crippen LogP contribution in [-0.4, -0.2) is 51.6 Å². The summed E-state index contributed by atoms with van der Waals surface area (Å²) in [5, 5.41) is 6.85. The topological polar surface area (TPSA) is 48.1 Å². The van der Waals surface area contributed by atoms with E-state index in [1.807, 2.05) is 11.6 Å². The Morgan fingerprint density at radius 3 is 2.70 bits per heavy atom. The van der Waals surface area contributed by atoms with Gasteiger partial charge in [0.25, 0.3) is 0 Å². The van der Waals surface area contributed by atoms with Crippen LogP contribution in [0, 0.1) is 6.92 Å². The third-order valence-electron chi connectivity index (χ3n) is 3.64. The zero-order valence-electron chi connectivity index (χ0n) is 12.0. The average Bonchev–Trinajstić information content (AvgIpc) is 2.98. The molecular weight excluding hydrogens is 278 g/mol. The van der Waals surface area contributed by atoms with E-state index in [0.29, 0.717) is 5.88 Å². The predicted octanol–water partition coefficient (Wildman–Crippen LogP) is 1.31. The SMILES string of the molecule is CCn1nc(C)c2nc(CCCl)n(N3CCOCC3)c21. The highest BCUT2D eigenvalue weighted by Gasteiger charge is 2.23. The number of nitrogens with zero attached hydrogens (tertiary/aromatic N) is 5. The number of aryl methyl sites for hydroxylation is 3. The van der Waals surface area contributed by atoms with Crippen LogP contribution in [0.3, 0.4) is 0 Å². The quantitative estimate of drug-likeness (QED) is 0.799. The van der Waals surface area contributed by atoms with Crippen LogP contribution in [0.15, 0.2) is 0 Å². The lowest BCUT2D eigenvalue weighted by Crippen LogP contribution is -2.45. The number of morpholine rings is 1. The predicted molar refractivity (Wildman–Crippen MR) is 79.1 cm³/mol. The first-order valence-electron chi connectivity index (χ1n) is 7.10. The van der Waals surface area contributed by atoms with Gasteiger partial charge in [0, 0.05) is 18.8 Å². The van der Waals surface area contributed by atoms with Crippen LogP contribution in [-0.2, 0) is 17.7 Å². The lowest BCUT2D eigenvalue weighted by Gasteiger charge is -2.31. The molecule has 0 amide bonds. The lowest BCUT2D eigenvalue weighted by molar-refractivity contribution is 0.111. The normalized spacial score (nSPS) is 16.2. The van der Waals surface area contributed by atoms with Gasteiger partial charge in [-0.1, -0.05) is 0 Å². The Morgan fingerprint density at radius 1 is 1.30 bits per heavy atom. The molecule has 0 aromatic carbocycles. The maximum absolute atomic E-state index is 5.94. The summed E-state index contributed by atoms with van der Waals surface area (Å²) in [4.78, 5) is 4.76. The highest BCUT2D eigenvalue weighted by Crippen LogP contribution is 2.21. The summed E-state index contributed by atoms with van der Waals surface area (Å²) in [5.74, 6) is 1.59. The molecule has 1 aliphatic rings. The first-order valence-corrected chi connectivity index (χ1v) is 7.63. The molecular formula is C13H20ClN5O. The van der Waals surface area contributed by atoms with Crippen molar-refractivity contribution in [1.82, 2.24) is 19.4 Å². The Hall–Kier alpha value is -1.27. The van der Waals surface area contributed by atoms with Crippen molar-refractivity contribution in [2.24, 2.45) is 0 Å². The molecule has 20 heavy (non-hydrogen) atoms. The van der Waals surface area contributed by atoms with Gasteiger partial charge in [0.1, 0.15) is 11.3 Å². The number of alkyl halides is 1. The highest BCUT2D eigenvalue weighted by atomic mass is 35.5. The van der Waals surface area contributed by atoms with E-state index in [4.69, 9.17) is 21.3 Å².